The fourth-order valence-electron chi connectivity index (χ4n) is 2.64. The molecule has 2 heterocycles. The van der Waals surface area contributed by atoms with E-state index in [-0.39, 0.29) is 0 Å². The molecular weight excluding hydrogens is 412 g/mol. The molecule has 31 heavy (non-hydrogen) atoms. The summed E-state index contributed by atoms with van der Waals surface area (Å²) in [6.07, 6.45) is 0. The number of benzene rings is 2. The van der Waals surface area contributed by atoms with Crippen LogP contribution in [-0.4, -0.2) is 19.9 Å². The van der Waals surface area contributed by atoms with Gasteiger partial charge in [0.1, 0.15) is 34.3 Å². The van der Waals surface area contributed by atoms with Crippen LogP contribution in [0.1, 0.15) is 11.6 Å². The lowest BCUT2D eigenvalue weighted by atomic mass is 10.3. The second-order valence-corrected chi connectivity index (χ2v) is 6.82. The number of hydrogen-bond donors (Lipinski definition) is 4. The summed E-state index contributed by atoms with van der Waals surface area (Å²) in [7, 11) is 0. The normalized spacial score (nSPS) is 9.94. The van der Waals surface area contributed by atoms with Crippen LogP contribution in [0.3, 0.4) is 0 Å². The molecule has 2 aromatic carbocycles. The molecule has 2 aromatic heterocycles. The van der Waals surface area contributed by atoms with E-state index in [1.165, 1.54) is 0 Å². The van der Waals surface area contributed by atoms with Crippen LogP contribution in [0, 0.1) is 13.8 Å². The maximum Gasteiger partial charge on any atom is 0.145 e. The Kier molecular flexibility index (Phi) is 7.69. The van der Waals surface area contributed by atoms with Crippen molar-refractivity contribution in [2.24, 2.45) is 5.84 Å². The standard InChI is InChI=1S/C11H10ClN3.C11H13N5/c1-8-13-10(12)7-11(14-8)15-9-5-3-2-4-6-9;1-8-13-10(7-11(14-8)16-12)15-9-5-3-2-4-6-9/h2-7H,1H3,(H,13,14,15);2-7H,12H2,1H3,(H2,13,14,15,16). The third kappa shape index (κ3) is 7.22. The second kappa shape index (κ2) is 10.9. The van der Waals surface area contributed by atoms with Crippen LogP contribution >= 0.6 is 11.6 Å². The predicted octanol–water partition coefficient (Wildman–Crippen LogP) is 5.00. The van der Waals surface area contributed by atoms with Gasteiger partial charge in [-0.15, -0.1) is 0 Å². The van der Waals surface area contributed by atoms with E-state index in [0.717, 1.165) is 11.4 Å². The number of nitrogen functional groups attached to an aromatic ring is 1. The van der Waals surface area contributed by atoms with Crippen molar-refractivity contribution in [2.75, 3.05) is 16.1 Å². The number of nitrogens with one attached hydrogen (secondary N) is 3. The van der Waals surface area contributed by atoms with E-state index < -0.39 is 0 Å². The lowest BCUT2D eigenvalue weighted by Gasteiger charge is -2.07. The van der Waals surface area contributed by atoms with Crippen molar-refractivity contribution >= 4 is 40.4 Å². The minimum atomic E-state index is 0.445. The highest BCUT2D eigenvalue weighted by molar-refractivity contribution is 6.29. The Morgan fingerprint density at radius 2 is 1.10 bits per heavy atom. The van der Waals surface area contributed by atoms with Crippen molar-refractivity contribution in [3.63, 3.8) is 0 Å². The van der Waals surface area contributed by atoms with E-state index in [9.17, 15) is 0 Å². The van der Waals surface area contributed by atoms with Crippen LogP contribution in [0.25, 0.3) is 0 Å². The zero-order chi connectivity index (χ0) is 22.1. The largest absolute Gasteiger partial charge is 0.340 e. The molecule has 0 spiro atoms. The summed E-state index contributed by atoms with van der Waals surface area (Å²) in [5, 5.41) is 6.77. The fraction of sp³-hybridized carbons (Fsp3) is 0.0909. The molecule has 0 unspecified atom stereocenters. The van der Waals surface area contributed by atoms with E-state index in [1.807, 2.05) is 74.5 Å². The Bertz CT molecular complexity index is 1090. The third-order valence-electron chi connectivity index (χ3n) is 3.88. The summed E-state index contributed by atoms with van der Waals surface area (Å²) in [4.78, 5) is 16.6. The quantitative estimate of drug-likeness (QED) is 0.197. The number of aromatic nitrogens is 4. The molecule has 0 saturated carbocycles. The van der Waals surface area contributed by atoms with Gasteiger partial charge in [-0.2, -0.15) is 0 Å². The summed E-state index contributed by atoms with van der Waals surface area (Å²) in [6, 6.07) is 23.1. The third-order valence-corrected chi connectivity index (χ3v) is 4.08. The first-order valence-corrected chi connectivity index (χ1v) is 9.87. The number of aryl methyl sites for hydroxylation is 2. The van der Waals surface area contributed by atoms with Crippen LogP contribution < -0.4 is 21.9 Å². The maximum atomic E-state index is 5.83. The summed E-state index contributed by atoms with van der Waals surface area (Å²) >= 11 is 5.83. The van der Waals surface area contributed by atoms with Gasteiger partial charge < -0.3 is 16.1 Å². The number of rotatable bonds is 5. The van der Waals surface area contributed by atoms with Crippen LogP contribution in [0.15, 0.2) is 72.8 Å². The van der Waals surface area contributed by atoms with Gasteiger partial charge in [-0.1, -0.05) is 48.0 Å². The van der Waals surface area contributed by atoms with Crippen LogP contribution in [0.5, 0.6) is 0 Å². The van der Waals surface area contributed by atoms with Crippen molar-refractivity contribution in [3.05, 3.63) is 89.6 Å². The first-order valence-electron chi connectivity index (χ1n) is 9.49. The number of anilines is 5. The van der Waals surface area contributed by atoms with E-state index in [0.29, 0.717) is 34.3 Å². The van der Waals surface area contributed by atoms with Gasteiger partial charge in [-0.25, -0.2) is 25.8 Å². The van der Waals surface area contributed by atoms with E-state index in [4.69, 9.17) is 17.4 Å². The SMILES string of the molecule is Cc1nc(Cl)cc(Nc2ccccc2)n1.Cc1nc(NN)cc(Nc2ccccc2)n1. The lowest BCUT2D eigenvalue weighted by molar-refractivity contribution is 1.05. The average molecular weight is 435 g/mol. The van der Waals surface area contributed by atoms with Gasteiger partial charge in [0, 0.05) is 23.5 Å². The summed E-state index contributed by atoms with van der Waals surface area (Å²) < 4.78 is 0. The molecule has 0 aliphatic heterocycles. The molecule has 0 aliphatic rings. The molecule has 4 rings (SSSR count). The number of nitrogens with zero attached hydrogens (tertiary/aromatic N) is 4. The Labute approximate surface area is 185 Å². The molecule has 0 aliphatic carbocycles. The van der Waals surface area contributed by atoms with Crippen LogP contribution in [0.4, 0.5) is 28.8 Å². The molecule has 0 bridgehead atoms. The number of nitrogens with two attached hydrogens (primary N) is 1. The molecule has 5 N–H and O–H groups in total. The highest BCUT2D eigenvalue weighted by Crippen LogP contribution is 2.17. The van der Waals surface area contributed by atoms with E-state index in [2.05, 4.69) is 36.0 Å². The zero-order valence-corrected chi connectivity index (χ0v) is 17.9. The summed E-state index contributed by atoms with van der Waals surface area (Å²) in [6.45, 7) is 3.62. The zero-order valence-electron chi connectivity index (χ0n) is 17.2. The Morgan fingerprint density at radius 1 is 0.645 bits per heavy atom. The topological polar surface area (TPSA) is 114 Å². The minimum absolute atomic E-state index is 0.445. The molecule has 0 saturated heterocycles. The van der Waals surface area contributed by atoms with Crippen molar-refractivity contribution in [3.8, 4) is 0 Å². The van der Waals surface area contributed by atoms with Gasteiger partial charge in [0.25, 0.3) is 0 Å². The van der Waals surface area contributed by atoms with Gasteiger partial charge in [-0.05, 0) is 38.1 Å². The first kappa shape index (κ1) is 21.9. The highest BCUT2D eigenvalue weighted by Gasteiger charge is 2.01. The van der Waals surface area contributed by atoms with E-state index >= 15 is 0 Å². The molecule has 8 nitrogen and oxygen atoms in total. The molecule has 4 aromatic rings. The molecule has 0 amide bonds. The summed E-state index contributed by atoms with van der Waals surface area (Å²) in [5.41, 5.74) is 4.46. The minimum Gasteiger partial charge on any atom is -0.340 e. The molecule has 9 heteroatoms. The van der Waals surface area contributed by atoms with Crippen molar-refractivity contribution in [1.82, 2.24) is 19.9 Å². The highest BCUT2D eigenvalue weighted by atomic mass is 35.5. The van der Waals surface area contributed by atoms with Crippen molar-refractivity contribution in [2.45, 2.75) is 13.8 Å². The number of halogens is 1. The Balaban J connectivity index is 0.000000176. The molecular formula is C22H23ClN8. The van der Waals surface area contributed by atoms with Gasteiger partial charge in [0.15, 0.2) is 0 Å². The summed E-state index contributed by atoms with van der Waals surface area (Å²) in [5.74, 6) is 8.64. The Hall–Kier alpha value is -3.75. The Morgan fingerprint density at radius 3 is 1.58 bits per heavy atom. The van der Waals surface area contributed by atoms with Crippen LogP contribution in [-0.2, 0) is 0 Å². The van der Waals surface area contributed by atoms with Gasteiger partial charge in [-0.3, -0.25) is 0 Å². The second-order valence-electron chi connectivity index (χ2n) is 6.44. The number of hydrogen-bond acceptors (Lipinski definition) is 8. The van der Waals surface area contributed by atoms with Gasteiger partial charge >= 0.3 is 0 Å². The maximum absolute atomic E-state index is 5.83. The first-order chi connectivity index (χ1) is 15.0. The molecule has 0 radical (unpaired) electrons. The van der Waals surface area contributed by atoms with Crippen LogP contribution in [0.2, 0.25) is 5.15 Å². The van der Waals surface area contributed by atoms with Crippen molar-refractivity contribution < 1.29 is 0 Å². The number of para-hydroxylation sites is 2. The van der Waals surface area contributed by atoms with E-state index in [1.54, 1.807) is 12.1 Å². The molecule has 158 valence electrons. The molecule has 0 fully saturated rings. The van der Waals surface area contributed by atoms with Gasteiger partial charge in [0.05, 0.1) is 0 Å². The smallest absolute Gasteiger partial charge is 0.145 e. The van der Waals surface area contributed by atoms with Crippen molar-refractivity contribution in [1.29, 1.82) is 0 Å². The monoisotopic (exact) mass is 434 g/mol. The fourth-order valence-corrected chi connectivity index (χ4v) is 2.87. The van der Waals surface area contributed by atoms with Gasteiger partial charge in [0.2, 0.25) is 0 Å². The molecule has 0 atom stereocenters. The lowest BCUT2D eigenvalue weighted by Crippen LogP contribution is -2.10. The number of hydrazine groups is 1. The predicted molar refractivity (Wildman–Crippen MR) is 126 cm³/mol. The average Bonchev–Trinajstić information content (AvgIpc) is 2.74.